The number of benzene rings is 3. The lowest BCUT2D eigenvalue weighted by Gasteiger charge is -2.38. The molecule has 0 aliphatic carbocycles. The van der Waals surface area contributed by atoms with Crippen LogP contribution in [0.1, 0.15) is 11.6 Å². The average Bonchev–Trinajstić information content (AvgIpc) is 3.58. The summed E-state index contributed by atoms with van der Waals surface area (Å²) in [6, 6.07) is 21.8. The SMILES string of the molecule is C=CC(O)N1CC(n2nc(-n3ccc4cc(F)c(Oc5ccccc5)cc43)c3c(N)ncnc32)Cc2ccccc21. The summed E-state index contributed by atoms with van der Waals surface area (Å²) in [5.74, 6) is 0.939. The largest absolute Gasteiger partial charge is 0.454 e. The molecule has 0 saturated carbocycles. The van der Waals surface area contributed by atoms with Gasteiger partial charge in [-0.25, -0.2) is 19.0 Å². The van der Waals surface area contributed by atoms with Gasteiger partial charge in [0.15, 0.2) is 23.0 Å². The number of halogens is 1. The fourth-order valence-electron chi connectivity index (χ4n) is 5.56. The highest BCUT2D eigenvalue weighted by molar-refractivity contribution is 5.95. The van der Waals surface area contributed by atoms with E-state index in [0.29, 0.717) is 46.5 Å². The topological polar surface area (TPSA) is 107 Å². The number of hydrogen-bond acceptors (Lipinski definition) is 7. The molecule has 2 unspecified atom stereocenters. The summed E-state index contributed by atoms with van der Waals surface area (Å²) < 4.78 is 24.6. The van der Waals surface area contributed by atoms with Gasteiger partial charge in [-0.2, -0.15) is 5.10 Å². The number of anilines is 2. The number of hydrogen-bond donors (Lipinski definition) is 2. The first kappa shape index (κ1) is 24.8. The van der Waals surface area contributed by atoms with Gasteiger partial charge >= 0.3 is 0 Å². The molecule has 3 N–H and O–H groups in total. The van der Waals surface area contributed by atoms with E-state index in [4.69, 9.17) is 15.6 Å². The summed E-state index contributed by atoms with van der Waals surface area (Å²) in [6.45, 7) is 4.25. The number of nitrogens with zero attached hydrogens (tertiary/aromatic N) is 6. The predicted octanol–water partition coefficient (Wildman–Crippen LogP) is 5.39. The molecular weight excluding hydrogens is 521 g/mol. The molecule has 0 fully saturated rings. The second kappa shape index (κ2) is 9.76. The summed E-state index contributed by atoms with van der Waals surface area (Å²) in [4.78, 5) is 10.7. The quantitative estimate of drug-likeness (QED) is 0.269. The van der Waals surface area contributed by atoms with Gasteiger partial charge in [0.05, 0.1) is 11.6 Å². The van der Waals surface area contributed by atoms with Crippen LogP contribution in [0.2, 0.25) is 0 Å². The Morgan fingerprint density at radius 1 is 1.07 bits per heavy atom. The average molecular weight is 548 g/mol. The Morgan fingerprint density at radius 2 is 1.88 bits per heavy atom. The van der Waals surface area contributed by atoms with Crippen molar-refractivity contribution in [3.8, 4) is 17.3 Å². The zero-order chi connectivity index (χ0) is 28.1. The molecule has 7 rings (SSSR count). The maximum atomic E-state index is 15.0. The molecule has 204 valence electrons. The van der Waals surface area contributed by atoms with Crippen molar-refractivity contribution in [2.24, 2.45) is 0 Å². The van der Waals surface area contributed by atoms with Gasteiger partial charge < -0.3 is 20.5 Å². The number of nitrogen functional groups attached to an aromatic ring is 1. The first-order valence-electron chi connectivity index (χ1n) is 13.2. The van der Waals surface area contributed by atoms with Crippen molar-refractivity contribution in [2.75, 3.05) is 17.2 Å². The maximum Gasteiger partial charge on any atom is 0.172 e. The highest BCUT2D eigenvalue weighted by Gasteiger charge is 2.31. The second-order valence-electron chi connectivity index (χ2n) is 9.96. The maximum absolute atomic E-state index is 15.0. The van der Waals surface area contributed by atoms with E-state index in [2.05, 4.69) is 16.5 Å². The van der Waals surface area contributed by atoms with Gasteiger partial charge in [-0.05, 0) is 48.4 Å². The van der Waals surface area contributed by atoms with Gasteiger partial charge in [-0.3, -0.25) is 4.57 Å². The molecular formula is C31H26FN7O2. The van der Waals surface area contributed by atoms with E-state index in [9.17, 15) is 5.11 Å². The molecule has 0 saturated heterocycles. The third kappa shape index (κ3) is 4.16. The van der Waals surface area contributed by atoms with Crippen molar-refractivity contribution < 1.29 is 14.2 Å². The Morgan fingerprint density at radius 3 is 2.71 bits per heavy atom. The Labute approximate surface area is 234 Å². The van der Waals surface area contributed by atoms with Crippen LogP contribution in [-0.4, -0.2) is 42.2 Å². The lowest BCUT2D eigenvalue weighted by molar-refractivity contribution is 0.206. The molecule has 41 heavy (non-hydrogen) atoms. The lowest BCUT2D eigenvalue weighted by atomic mass is 9.97. The molecule has 4 heterocycles. The van der Waals surface area contributed by atoms with Gasteiger partial charge in [0.1, 0.15) is 29.5 Å². The molecule has 0 bridgehead atoms. The van der Waals surface area contributed by atoms with E-state index in [1.807, 2.05) is 68.9 Å². The van der Waals surface area contributed by atoms with E-state index >= 15 is 4.39 Å². The van der Waals surface area contributed by atoms with Crippen LogP contribution in [0.5, 0.6) is 11.5 Å². The molecule has 10 heteroatoms. The summed E-state index contributed by atoms with van der Waals surface area (Å²) in [7, 11) is 0. The minimum Gasteiger partial charge on any atom is -0.454 e. The molecule has 9 nitrogen and oxygen atoms in total. The number of aliphatic hydroxyl groups is 1. The normalized spacial score (nSPS) is 15.7. The van der Waals surface area contributed by atoms with E-state index in [1.165, 1.54) is 18.5 Å². The molecule has 0 radical (unpaired) electrons. The zero-order valence-corrected chi connectivity index (χ0v) is 21.9. The molecule has 3 aromatic heterocycles. The van der Waals surface area contributed by atoms with Crippen molar-refractivity contribution >= 4 is 33.4 Å². The molecule has 0 amide bonds. The van der Waals surface area contributed by atoms with Crippen molar-refractivity contribution in [1.82, 2.24) is 24.3 Å². The van der Waals surface area contributed by atoms with Crippen LogP contribution in [0.3, 0.4) is 0 Å². The number of para-hydroxylation sites is 2. The zero-order valence-electron chi connectivity index (χ0n) is 21.9. The molecule has 0 spiro atoms. The Bertz CT molecular complexity index is 1920. The molecule has 1 aliphatic heterocycles. The van der Waals surface area contributed by atoms with Crippen molar-refractivity contribution in [3.05, 3.63) is 109 Å². The smallest absolute Gasteiger partial charge is 0.172 e. The minimum atomic E-state index is -0.869. The van der Waals surface area contributed by atoms with E-state index in [-0.39, 0.29) is 17.6 Å². The standard InChI is InChI=1S/C31H26FN7O2/c1-2-27(40)38-17-21(14-19-8-6-7-11-24(19)38)39-30-28(29(33)34-18-35-30)31(36-39)37-13-12-20-15-23(32)26(16-25(20)37)41-22-9-4-3-5-10-22/h2-13,15-16,18,21,27,40H,1,14,17H2,(H2,33,34,35). The summed E-state index contributed by atoms with van der Waals surface area (Å²) in [5, 5.41) is 17.0. The monoisotopic (exact) mass is 547 g/mol. The van der Waals surface area contributed by atoms with Crippen LogP contribution in [0.15, 0.2) is 98.0 Å². The number of nitrogens with two attached hydrogens (primary N) is 1. The van der Waals surface area contributed by atoms with E-state index < -0.39 is 12.0 Å². The van der Waals surface area contributed by atoms with Crippen LogP contribution in [-0.2, 0) is 6.42 Å². The Hall–Kier alpha value is -5.22. The second-order valence-corrected chi connectivity index (χ2v) is 9.96. The first-order chi connectivity index (χ1) is 20.0. The number of aliphatic hydroxyl groups excluding tert-OH is 1. The summed E-state index contributed by atoms with van der Waals surface area (Å²) in [5.41, 5.74) is 9.68. The van der Waals surface area contributed by atoms with Crippen LogP contribution in [0, 0.1) is 5.82 Å². The van der Waals surface area contributed by atoms with Gasteiger partial charge in [0.2, 0.25) is 0 Å². The van der Waals surface area contributed by atoms with E-state index in [1.54, 1.807) is 18.2 Å². The third-order valence-electron chi connectivity index (χ3n) is 7.48. The molecule has 2 atom stereocenters. The number of aromatic nitrogens is 5. The van der Waals surface area contributed by atoms with Gasteiger partial charge in [0, 0.05) is 29.9 Å². The van der Waals surface area contributed by atoms with Crippen LogP contribution in [0.25, 0.3) is 27.8 Å². The van der Waals surface area contributed by atoms with Gasteiger partial charge in [-0.15, -0.1) is 0 Å². The highest BCUT2D eigenvalue weighted by atomic mass is 19.1. The van der Waals surface area contributed by atoms with E-state index in [0.717, 1.165) is 11.3 Å². The number of ether oxygens (including phenoxy) is 1. The Kier molecular flexibility index (Phi) is 5.90. The van der Waals surface area contributed by atoms with Gasteiger partial charge in [-0.1, -0.05) is 43.0 Å². The minimum absolute atomic E-state index is 0.0922. The highest BCUT2D eigenvalue weighted by Crippen LogP contribution is 2.37. The lowest BCUT2D eigenvalue weighted by Crippen LogP contribution is -2.42. The fourth-order valence-corrected chi connectivity index (χ4v) is 5.56. The molecule has 1 aliphatic rings. The van der Waals surface area contributed by atoms with Crippen LogP contribution >= 0.6 is 0 Å². The van der Waals surface area contributed by atoms with Crippen molar-refractivity contribution in [3.63, 3.8) is 0 Å². The number of fused-ring (bicyclic) bond motifs is 3. The van der Waals surface area contributed by atoms with Gasteiger partial charge in [0.25, 0.3) is 0 Å². The fraction of sp³-hybridized carbons (Fsp3) is 0.129. The van der Waals surface area contributed by atoms with Crippen molar-refractivity contribution in [2.45, 2.75) is 18.7 Å². The first-order valence-corrected chi connectivity index (χ1v) is 13.2. The molecule has 6 aromatic rings. The third-order valence-corrected chi connectivity index (χ3v) is 7.48. The summed E-state index contributed by atoms with van der Waals surface area (Å²) >= 11 is 0. The van der Waals surface area contributed by atoms with Crippen LogP contribution < -0.4 is 15.4 Å². The predicted molar refractivity (Wildman–Crippen MR) is 156 cm³/mol. The summed E-state index contributed by atoms with van der Waals surface area (Å²) in [6.07, 6.45) is 4.54. The number of rotatable bonds is 6. The molecule has 3 aromatic carbocycles. The van der Waals surface area contributed by atoms with Crippen molar-refractivity contribution in [1.29, 1.82) is 0 Å². The van der Waals surface area contributed by atoms with Crippen LogP contribution in [0.4, 0.5) is 15.9 Å². The Balaban J connectivity index is 1.37.